The number of ether oxygens (including phenoxy) is 1. The zero-order valence-electron chi connectivity index (χ0n) is 10.4. The van der Waals surface area contributed by atoms with E-state index in [2.05, 4.69) is 17.1 Å². The molecule has 18 heavy (non-hydrogen) atoms. The molecule has 0 aliphatic heterocycles. The van der Waals surface area contributed by atoms with E-state index in [9.17, 15) is 8.78 Å². The highest BCUT2D eigenvalue weighted by atomic mass is 19.3. The Bertz CT molecular complexity index is 334. The predicted molar refractivity (Wildman–Crippen MR) is 61.3 cm³/mol. The fourth-order valence-corrected chi connectivity index (χ4v) is 1.40. The topological polar surface area (TPSA) is 74.2 Å². The van der Waals surface area contributed by atoms with Crippen molar-refractivity contribution in [2.45, 2.75) is 45.1 Å². The van der Waals surface area contributed by atoms with Gasteiger partial charge in [-0.15, -0.1) is 0 Å². The zero-order valence-corrected chi connectivity index (χ0v) is 10.4. The van der Waals surface area contributed by atoms with E-state index in [1.54, 1.807) is 0 Å². The summed E-state index contributed by atoms with van der Waals surface area (Å²) in [6.45, 7) is 1.65. The largest absolute Gasteiger partial charge is 0.375 e. The smallest absolute Gasteiger partial charge is 0.261 e. The fourth-order valence-electron chi connectivity index (χ4n) is 1.40. The fraction of sp³-hybridized carbons (Fsp3) is 0.818. The second-order valence-electron chi connectivity index (χ2n) is 4.01. The van der Waals surface area contributed by atoms with E-state index in [0.717, 1.165) is 19.3 Å². The Balaban J connectivity index is 2.29. The minimum atomic E-state index is -2.45. The Morgan fingerprint density at radius 1 is 1.44 bits per heavy atom. The predicted octanol–water partition coefficient (Wildman–Crippen LogP) is 2.08. The summed E-state index contributed by atoms with van der Waals surface area (Å²) in [5.41, 5.74) is 5.86. The SMILES string of the molecule is CCCC[C@H](N)c1nc(CCOCC(F)F)no1. The highest BCUT2D eigenvalue weighted by molar-refractivity contribution is 4.91. The van der Waals surface area contributed by atoms with E-state index >= 15 is 0 Å². The van der Waals surface area contributed by atoms with Crippen LogP contribution in [0.3, 0.4) is 0 Å². The molecule has 0 aromatic carbocycles. The number of halogens is 2. The third-order valence-corrected chi connectivity index (χ3v) is 2.38. The maximum absolute atomic E-state index is 11.8. The second-order valence-corrected chi connectivity index (χ2v) is 4.01. The molecule has 5 nitrogen and oxygen atoms in total. The van der Waals surface area contributed by atoms with Crippen LogP contribution in [0.25, 0.3) is 0 Å². The minimum absolute atomic E-state index is 0.146. The lowest BCUT2D eigenvalue weighted by molar-refractivity contribution is 0.0182. The lowest BCUT2D eigenvalue weighted by atomic mass is 10.1. The third-order valence-electron chi connectivity index (χ3n) is 2.38. The molecule has 0 radical (unpaired) electrons. The maximum Gasteiger partial charge on any atom is 0.261 e. The van der Waals surface area contributed by atoms with Crippen LogP contribution >= 0.6 is 0 Å². The normalized spacial score (nSPS) is 13.2. The van der Waals surface area contributed by atoms with Crippen LogP contribution in [0, 0.1) is 0 Å². The number of aromatic nitrogens is 2. The molecule has 1 atom stereocenters. The first kappa shape index (κ1) is 15.0. The molecule has 104 valence electrons. The van der Waals surface area contributed by atoms with Gasteiger partial charge >= 0.3 is 0 Å². The van der Waals surface area contributed by atoms with Gasteiger partial charge in [-0.3, -0.25) is 0 Å². The van der Waals surface area contributed by atoms with Gasteiger partial charge in [0.05, 0.1) is 12.6 Å². The summed E-state index contributed by atoms with van der Waals surface area (Å²) < 4.78 is 33.3. The summed E-state index contributed by atoms with van der Waals surface area (Å²) in [5, 5.41) is 3.73. The van der Waals surface area contributed by atoms with Crippen LogP contribution in [0.1, 0.15) is 43.9 Å². The van der Waals surface area contributed by atoms with E-state index in [1.807, 2.05) is 0 Å². The molecule has 2 N–H and O–H groups in total. The molecule has 0 aliphatic rings. The van der Waals surface area contributed by atoms with Crippen molar-refractivity contribution in [2.24, 2.45) is 5.73 Å². The first-order valence-corrected chi connectivity index (χ1v) is 6.07. The van der Waals surface area contributed by atoms with Crippen LogP contribution in [0.4, 0.5) is 8.78 Å². The van der Waals surface area contributed by atoms with Gasteiger partial charge in [0.2, 0.25) is 5.89 Å². The van der Waals surface area contributed by atoms with Crippen LogP contribution in [0.5, 0.6) is 0 Å². The summed E-state index contributed by atoms with van der Waals surface area (Å²) >= 11 is 0. The summed E-state index contributed by atoms with van der Waals surface area (Å²) in [4.78, 5) is 4.11. The van der Waals surface area contributed by atoms with Crippen LogP contribution < -0.4 is 5.73 Å². The summed E-state index contributed by atoms with van der Waals surface area (Å²) in [5.74, 6) is 0.832. The van der Waals surface area contributed by atoms with Gasteiger partial charge in [0, 0.05) is 6.42 Å². The molecule has 0 amide bonds. The van der Waals surface area contributed by atoms with E-state index in [0.29, 0.717) is 18.1 Å². The van der Waals surface area contributed by atoms with Crippen molar-refractivity contribution in [3.8, 4) is 0 Å². The molecule has 1 rings (SSSR count). The quantitative estimate of drug-likeness (QED) is 0.690. The Labute approximate surface area is 105 Å². The number of unbranched alkanes of at least 4 members (excludes halogenated alkanes) is 1. The van der Waals surface area contributed by atoms with Gasteiger partial charge in [0.25, 0.3) is 6.43 Å². The van der Waals surface area contributed by atoms with Crippen LogP contribution in [-0.4, -0.2) is 29.8 Å². The molecular formula is C11H19F2N3O2. The number of alkyl halides is 2. The number of hydrogen-bond acceptors (Lipinski definition) is 5. The molecule has 0 bridgehead atoms. The minimum Gasteiger partial charge on any atom is -0.375 e. The van der Waals surface area contributed by atoms with E-state index in [4.69, 9.17) is 15.0 Å². The van der Waals surface area contributed by atoms with Crippen molar-refractivity contribution in [3.63, 3.8) is 0 Å². The van der Waals surface area contributed by atoms with E-state index in [-0.39, 0.29) is 12.6 Å². The van der Waals surface area contributed by atoms with Crippen LogP contribution in [0.15, 0.2) is 4.52 Å². The van der Waals surface area contributed by atoms with E-state index < -0.39 is 13.0 Å². The highest BCUT2D eigenvalue weighted by Gasteiger charge is 2.14. The molecule has 0 fully saturated rings. The first-order chi connectivity index (χ1) is 8.63. The molecule has 1 aromatic heterocycles. The van der Waals surface area contributed by atoms with Crippen molar-refractivity contribution in [3.05, 3.63) is 11.7 Å². The lowest BCUT2D eigenvalue weighted by Crippen LogP contribution is -2.11. The van der Waals surface area contributed by atoms with Gasteiger partial charge in [-0.2, -0.15) is 4.98 Å². The van der Waals surface area contributed by atoms with Gasteiger partial charge in [0.15, 0.2) is 5.82 Å². The van der Waals surface area contributed by atoms with Gasteiger partial charge in [0.1, 0.15) is 6.61 Å². The summed E-state index contributed by atoms with van der Waals surface area (Å²) in [6, 6.07) is -0.256. The molecular weight excluding hydrogens is 244 g/mol. The average molecular weight is 263 g/mol. The Hall–Kier alpha value is -1.08. The Kier molecular flexibility index (Phi) is 6.74. The number of nitrogens with zero attached hydrogens (tertiary/aromatic N) is 2. The standard InChI is InChI=1S/C11H19F2N3O2/c1-2-3-4-8(14)11-15-10(16-18-11)5-6-17-7-9(12)13/h8-9H,2-7,14H2,1H3/t8-/m0/s1. The van der Waals surface area contributed by atoms with Crippen molar-refractivity contribution < 1.29 is 18.0 Å². The highest BCUT2D eigenvalue weighted by Crippen LogP contribution is 2.14. The molecule has 0 saturated heterocycles. The van der Waals surface area contributed by atoms with Crippen molar-refractivity contribution in [1.82, 2.24) is 10.1 Å². The van der Waals surface area contributed by atoms with Crippen molar-refractivity contribution in [2.75, 3.05) is 13.2 Å². The van der Waals surface area contributed by atoms with Crippen LogP contribution in [-0.2, 0) is 11.2 Å². The Morgan fingerprint density at radius 2 is 2.22 bits per heavy atom. The third kappa shape index (κ3) is 5.50. The number of hydrogen-bond donors (Lipinski definition) is 1. The lowest BCUT2D eigenvalue weighted by Gasteiger charge is -2.03. The monoisotopic (exact) mass is 263 g/mol. The van der Waals surface area contributed by atoms with Gasteiger partial charge in [-0.25, -0.2) is 8.78 Å². The summed E-state index contributed by atoms with van der Waals surface area (Å²) in [6.07, 6.45) is 0.733. The van der Waals surface area contributed by atoms with E-state index in [1.165, 1.54) is 0 Å². The maximum atomic E-state index is 11.8. The first-order valence-electron chi connectivity index (χ1n) is 6.07. The average Bonchev–Trinajstić information content (AvgIpc) is 2.80. The van der Waals surface area contributed by atoms with Gasteiger partial charge < -0.3 is 15.0 Å². The van der Waals surface area contributed by atoms with Gasteiger partial charge in [-0.1, -0.05) is 24.9 Å². The number of rotatable bonds is 9. The van der Waals surface area contributed by atoms with Crippen molar-refractivity contribution in [1.29, 1.82) is 0 Å². The molecule has 7 heteroatoms. The molecule has 0 aliphatic carbocycles. The van der Waals surface area contributed by atoms with Crippen LogP contribution in [0.2, 0.25) is 0 Å². The number of nitrogens with two attached hydrogens (primary N) is 1. The van der Waals surface area contributed by atoms with Gasteiger partial charge in [-0.05, 0) is 6.42 Å². The molecule has 1 aromatic rings. The molecule has 0 saturated carbocycles. The Morgan fingerprint density at radius 3 is 2.89 bits per heavy atom. The second kappa shape index (κ2) is 8.10. The van der Waals surface area contributed by atoms with Crippen molar-refractivity contribution >= 4 is 0 Å². The summed E-state index contributed by atoms with van der Waals surface area (Å²) in [7, 11) is 0. The molecule has 0 spiro atoms. The zero-order chi connectivity index (χ0) is 13.4. The molecule has 0 unspecified atom stereocenters. The molecule has 1 heterocycles.